The van der Waals surface area contributed by atoms with Crippen LogP contribution in [0.25, 0.3) is 0 Å². The summed E-state index contributed by atoms with van der Waals surface area (Å²) >= 11 is 0. The standard InChI is InChI=1S/C24H20F2O2/c25-21-10-4-17(5-11-21)6-14-24(28)20-3-1-2-18(16-20)7-15-23(27)19-8-12-22(26)13-9-19/h1-5,8-13,16H,6-7,14-15H2. The maximum atomic E-state index is 12.9. The Bertz CT molecular complexity index is 961. The summed E-state index contributed by atoms with van der Waals surface area (Å²) in [7, 11) is 0. The van der Waals surface area contributed by atoms with Gasteiger partial charge in [0.25, 0.3) is 0 Å². The van der Waals surface area contributed by atoms with Crippen molar-refractivity contribution < 1.29 is 18.4 Å². The topological polar surface area (TPSA) is 34.1 Å². The maximum absolute atomic E-state index is 12.9. The van der Waals surface area contributed by atoms with Gasteiger partial charge in [-0.15, -0.1) is 0 Å². The van der Waals surface area contributed by atoms with Crippen LogP contribution in [0.2, 0.25) is 0 Å². The van der Waals surface area contributed by atoms with Gasteiger partial charge in [0, 0.05) is 24.0 Å². The first-order valence-electron chi connectivity index (χ1n) is 9.16. The molecule has 0 aromatic heterocycles. The monoisotopic (exact) mass is 378 g/mol. The molecule has 3 aromatic carbocycles. The first-order valence-corrected chi connectivity index (χ1v) is 9.16. The molecular formula is C24H20F2O2. The van der Waals surface area contributed by atoms with Crippen molar-refractivity contribution in [1.29, 1.82) is 0 Å². The number of ketones is 2. The molecule has 0 aliphatic heterocycles. The molecule has 28 heavy (non-hydrogen) atoms. The van der Waals surface area contributed by atoms with Gasteiger partial charge in [-0.25, -0.2) is 8.78 Å². The molecule has 3 aromatic rings. The van der Waals surface area contributed by atoms with Crippen LogP contribution in [0.3, 0.4) is 0 Å². The van der Waals surface area contributed by atoms with Crippen LogP contribution in [0, 0.1) is 11.6 Å². The first-order chi connectivity index (χ1) is 13.5. The minimum atomic E-state index is -0.372. The molecule has 0 amide bonds. The number of rotatable bonds is 8. The molecule has 0 atom stereocenters. The molecule has 2 nitrogen and oxygen atoms in total. The SMILES string of the molecule is O=C(CCc1cccc(C(=O)CCc2ccc(F)cc2)c1)c1ccc(F)cc1. The van der Waals surface area contributed by atoms with Crippen LogP contribution in [0.5, 0.6) is 0 Å². The zero-order chi connectivity index (χ0) is 19.9. The second-order valence-corrected chi connectivity index (χ2v) is 6.68. The van der Waals surface area contributed by atoms with Crippen LogP contribution < -0.4 is 0 Å². The largest absolute Gasteiger partial charge is 0.294 e. The predicted molar refractivity (Wildman–Crippen MR) is 105 cm³/mol. The summed E-state index contributed by atoms with van der Waals surface area (Å²) in [5.41, 5.74) is 2.90. The lowest BCUT2D eigenvalue weighted by Crippen LogP contribution is -2.04. The summed E-state index contributed by atoms with van der Waals surface area (Å²) in [5, 5.41) is 0. The van der Waals surface area contributed by atoms with E-state index in [1.165, 1.54) is 36.4 Å². The molecule has 0 saturated heterocycles. The highest BCUT2D eigenvalue weighted by molar-refractivity contribution is 5.97. The first kappa shape index (κ1) is 19.6. The Balaban J connectivity index is 1.56. The highest BCUT2D eigenvalue weighted by Gasteiger charge is 2.10. The van der Waals surface area contributed by atoms with E-state index in [1.54, 1.807) is 18.2 Å². The highest BCUT2D eigenvalue weighted by Crippen LogP contribution is 2.14. The zero-order valence-corrected chi connectivity index (χ0v) is 15.3. The van der Waals surface area contributed by atoms with Gasteiger partial charge in [-0.3, -0.25) is 9.59 Å². The van der Waals surface area contributed by atoms with E-state index < -0.39 is 0 Å². The van der Waals surface area contributed by atoms with Crippen LogP contribution in [-0.4, -0.2) is 11.6 Å². The lowest BCUT2D eigenvalue weighted by molar-refractivity contribution is 0.0976. The maximum Gasteiger partial charge on any atom is 0.163 e. The van der Waals surface area contributed by atoms with E-state index in [9.17, 15) is 18.4 Å². The van der Waals surface area contributed by atoms with Crippen molar-refractivity contribution in [3.63, 3.8) is 0 Å². The quantitative estimate of drug-likeness (QED) is 0.479. The van der Waals surface area contributed by atoms with Gasteiger partial charge < -0.3 is 0 Å². The smallest absolute Gasteiger partial charge is 0.163 e. The summed E-state index contributed by atoms with van der Waals surface area (Å²) in [6, 6.07) is 18.9. The van der Waals surface area contributed by atoms with E-state index in [0.717, 1.165) is 11.1 Å². The van der Waals surface area contributed by atoms with Crippen LogP contribution in [0.1, 0.15) is 44.7 Å². The molecule has 0 heterocycles. The fraction of sp³-hybridized carbons (Fsp3) is 0.167. The number of benzene rings is 3. The Hall–Kier alpha value is -3.14. The molecule has 142 valence electrons. The van der Waals surface area contributed by atoms with Gasteiger partial charge in [-0.05, 0) is 66.4 Å². The minimum absolute atomic E-state index is 0.0102. The number of carbonyl (C=O) groups excluding carboxylic acids is 2. The Labute approximate surface area is 162 Å². The molecule has 0 unspecified atom stereocenters. The summed E-state index contributed by atoms with van der Waals surface area (Å²) in [6.45, 7) is 0. The molecule has 4 heteroatoms. The lowest BCUT2D eigenvalue weighted by Gasteiger charge is -2.06. The molecule has 0 aliphatic carbocycles. The fourth-order valence-electron chi connectivity index (χ4n) is 2.99. The van der Waals surface area contributed by atoms with Gasteiger partial charge in [-0.1, -0.05) is 30.3 Å². The lowest BCUT2D eigenvalue weighted by atomic mass is 9.98. The highest BCUT2D eigenvalue weighted by atomic mass is 19.1. The number of halogens is 2. The van der Waals surface area contributed by atoms with Crippen LogP contribution in [-0.2, 0) is 12.8 Å². The van der Waals surface area contributed by atoms with Gasteiger partial charge in [0.2, 0.25) is 0 Å². The summed E-state index contributed by atoms with van der Waals surface area (Å²) in [4.78, 5) is 24.7. The number of Topliss-reactive ketones (excluding diaryl/α,β-unsaturated/α-hetero) is 2. The average Bonchev–Trinajstić information content (AvgIpc) is 2.72. The van der Waals surface area contributed by atoms with Crippen molar-refractivity contribution in [2.24, 2.45) is 0 Å². The molecule has 0 aliphatic rings. The van der Waals surface area contributed by atoms with Crippen LogP contribution in [0.4, 0.5) is 8.78 Å². The Kier molecular flexibility index (Phi) is 6.43. The van der Waals surface area contributed by atoms with Crippen molar-refractivity contribution >= 4 is 11.6 Å². The minimum Gasteiger partial charge on any atom is -0.294 e. The Morgan fingerprint density at radius 1 is 0.607 bits per heavy atom. The average molecular weight is 378 g/mol. The van der Waals surface area contributed by atoms with Gasteiger partial charge in [-0.2, -0.15) is 0 Å². The van der Waals surface area contributed by atoms with Gasteiger partial charge in [0.15, 0.2) is 11.6 Å². The number of hydrogen-bond donors (Lipinski definition) is 0. The van der Waals surface area contributed by atoms with Crippen molar-refractivity contribution in [2.45, 2.75) is 25.7 Å². The van der Waals surface area contributed by atoms with Crippen LogP contribution >= 0.6 is 0 Å². The summed E-state index contributed by atoms with van der Waals surface area (Å²) in [6.07, 6.45) is 1.68. The van der Waals surface area contributed by atoms with Crippen molar-refractivity contribution in [3.05, 3.63) is 107 Å². The molecular weight excluding hydrogens is 358 g/mol. The molecule has 0 bridgehead atoms. The van der Waals surface area contributed by atoms with Crippen molar-refractivity contribution in [1.82, 2.24) is 0 Å². The van der Waals surface area contributed by atoms with E-state index in [-0.39, 0.29) is 23.2 Å². The third-order valence-corrected chi connectivity index (χ3v) is 4.61. The van der Waals surface area contributed by atoms with E-state index in [2.05, 4.69) is 0 Å². The zero-order valence-electron chi connectivity index (χ0n) is 15.3. The summed E-state index contributed by atoms with van der Waals surface area (Å²) < 4.78 is 25.9. The van der Waals surface area contributed by atoms with E-state index in [4.69, 9.17) is 0 Å². The molecule has 0 saturated carbocycles. The van der Waals surface area contributed by atoms with E-state index in [0.29, 0.717) is 36.8 Å². The number of hydrogen-bond acceptors (Lipinski definition) is 2. The Morgan fingerprint density at radius 3 is 1.79 bits per heavy atom. The molecule has 0 radical (unpaired) electrons. The second-order valence-electron chi connectivity index (χ2n) is 6.68. The molecule has 0 N–H and O–H groups in total. The van der Waals surface area contributed by atoms with E-state index >= 15 is 0 Å². The van der Waals surface area contributed by atoms with Crippen molar-refractivity contribution in [3.8, 4) is 0 Å². The van der Waals surface area contributed by atoms with Gasteiger partial charge >= 0.3 is 0 Å². The molecule has 0 fully saturated rings. The summed E-state index contributed by atoms with van der Waals surface area (Å²) in [5.74, 6) is -0.717. The number of carbonyl (C=O) groups is 2. The molecule has 3 rings (SSSR count). The number of aryl methyl sites for hydroxylation is 2. The van der Waals surface area contributed by atoms with Crippen molar-refractivity contribution in [2.75, 3.05) is 0 Å². The normalized spacial score (nSPS) is 10.6. The predicted octanol–water partition coefficient (Wildman–Crippen LogP) is 5.60. The second kappa shape index (κ2) is 9.18. The van der Waals surface area contributed by atoms with Crippen LogP contribution in [0.15, 0.2) is 72.8 Å². The third-order valence-electron chi connectivity index (χ3n) is 4.61. The van der Waals surface area contributed by atoms with E-state index in [1.807, 2.05) is 18.2 Å². The fourth-order valence-corrected chi connectivity index (χ4v) is 2.99. The third kappa shape index (κ3) is 5.43. The molecule has 0 spiro atoms. The van der Waals surface area contributed by atoms with Gasteiger partial charge in [0.1, 0.15) is 11.6 Å². The Morgan fingerprint density at radius 2 is 1.14 bits per heavy atom. The van der Waals surface area contributed by atoms with Gasteiger partial charge in [0.05, 0.1) is 0 Å².